The SMILES string of the molecule is COc1cc(OC)c2c(=P)c(-c3ccc(OC)c(OCC=C(C)C)c3)coc2c1. The summed E-state index contributed by atoms with van der Waals surface area (Å²) in [5.41, 5.74) is 3.64. The fourth-order valence-electron chi connectivity index (χ4n) is 2.97. The first-order valence-electron chi connectivity index (χ1n) is 9.15. The van der Waals surface area contributed by atoms with Crippen LogP contribution in [0, 0.1) is 4.94 Å². The van der Waals surface area contributed by atoms with Crippen LogP contribution in [0.15, 0.2) is 52.7 Å². The van der Waals surface area contributed by atoms with E-state index in [0.29, 0.717) is 35.2 Å². The maximum absolute atomic E-state index is 5.91. The summed E-state index contributed by atoms with van der Waals surface area (Å²) in [5.74, 6) is 2.65. The van der Waals surface area contributed by atoms with Gasteiger partial charge in [-0.2, -0.15) is 0 Å². The van der Waals surface area contributed by atoms with Gasteiger partial charge in [-0.1, -0.05) is 11.6 Å². The van der Waals surface area contributed by atoms with E-state index in [4.69, 9.17) is 23.4 Å². The van der Waals surface area contributed by atoms with Gasteiger partial charge in [0, 0.05) is 22.6 Å². The molecule has 0 aliphatic heterocycles. The van der Waals surface area contributed by atoms with E-state index in [1.807, 2.05) is 50.3 Å². The average molecular weight is 412 g/mol. The normalized spacial score (nSPS) is 10.5. The zero-order valence-electron chi connectivity index (χ0n) is 17.3. The van der Waals surface area contributed by atoms with Crippen molar-refractivity contribution in [1.29, 1.82) is 0 Å². The van der Waals surface area contributed by atoms with Crippen LogP contribution in [-0.4, -0.2) is 27.9 Å². The first kappa shape index (κ1) is 20.8. The van der Waals surface area contributed by atoms with Crippen molar-refractivity contribution in [2.45, 2.75) is 13.8 Å². The Balaban J connectivity index is 2.11. The largest absolute Gasteiger partial charge is 0.496 e. The van der Waals surface area contributed by atoms with Crippen molar-refractivity contribution in [3.8, 4) is 34.1 Å². The third kappa shape index (κ3) is 4.41. The Bertz CT molecular complexity index is 1110. The number of methoxy groups -OCH3 is 3. The zero-order chi connectivity index (χ0) is 21.0. The Morgan fingerprint density at radius 3 is 2.38 bits per heavy atom. The number of ether oxygens (including phenoxy) is 4. The second-order valence-electron chi connectivity index (χ2n) is 6.69. The smallest absolute Gasteiger partial charge is 0.162 e. The van der Waals surface area contributed by atoms with Crippen molar-refractivity contribution in [1.82, 2.24) is 0 Å². The highest BCUT2D eigenvalue weighted by Gasteiger charge is 2.14. The van der Waals surface area contributed by atoms with Crippen molar-refractivity contribution < 1.29 is 23.4 Å². The Labute approximate surface area is 172 Å². The van der Waals surface area contributed by atoms with Crippen LogP contribution in [-0.2, 0) is 0 Å². The van der Waals surface area contributed by atoms with Crippen LogP contribution < -0.4 is 18.9 Å². The maximum Gasteiger partial charge on any atom is 0.162 e. The van der Waals surface area contributed by atoms with Crippen LogP contribution in [0.1, 0.15) is 13.8 Å². The molecule has 2 aromatic carbocycles. The highest BCUT2D eigenvalue weighted by atomic mass is 31.0. The number of benzene rings is 2. The summed E-state index contributed by atoms with van der Waals surface area (Å²) in [6.45, 7) is 4.54. The van der Waals surface area contributed by atoms with Crippen LogP contribution in [0.25, 0.3) is 22.1 Å². The summed E-state index contributed by atoms with van der Waals surface area (Å²) < 4.78 is 28.1. The van der Waals surface area contributed by atoms with Crippen molar-refractivity contribution in [3.05, 3.63) is 53.2 Å². The lowest BCUT2D eigenvalue weighted by Crippen LogP contribution is -1.97. The first-order chi connectivity index (χ1) is 14.0. The molecule has 5 nitrogen and oxygen atoms in total. The summed E-state index contributed by atoms with van der Waals surface area (Å²) in [5, 5.41) is 0.824. The van der Waals surface area contributed by atoms with E-state index in [1.165, 1.54) is 5.57 Å². The van der Waals surface area contributed by atoms with E-state index < -0.39 is 0 Å². The molecule has 0 amide bonds. The summed E-state index contributed by atoms with van der Waals surface area (Å²) >= 11 is 0. The van der Waals surface area contributed by atoms with Gasteiger partial charge in [0.05, 0.1) is 33.0 Å². The molecule has 0 saturated heterocycles. The second-order valence-corrected chi connectivity index (χ2v) is 7.19. The minimum absolute atomic E-state index is 0.471. The molecule has 29 heavy (non-hydrogen) atoms. The first-order valence-corrected chi connectivity index (χ1v) is 9.65. The lowest BCUT2D eigenvalue weighted by molar-refractivity contribution is 0.326. The molecule has 0 aliphatic carbocycles. The molecule has 0 bridgehead atoms. The van der Waals surface area contributed by atoms with Crippen molar-refractivity contribution in [3.63, 3.8) is 0 Å². The lowest BCUT2D eigenvalue weighted by Gasteiger charge is -2.13. The molecule has 1 aromatic heterocycles. The molecule has 0 N–H and O–H groups in total. The summed E-state index contributed by atoms with van der Waals surface area (Å²) in [6, 6.07) is 9.44. The van der Waals surface area contributed by atoms with E-state index in [0.717, 1.165) is 21.5 Å². The quantitative estimate of drug-likeness (QED) is 0.344. The average Bonchev–Trinajstić information content (AvgIpc) is 2.72. The topological polar surface area (TPSA) is 50.1 Å². The summed E-state index contributed by atoms with van der Waals surface area (Å²) in [6.07, 6.45) is 3.72. The second kappa shape index (κ2) is 9.06. The Hall–Kier alpha value is -2.91. The third-order valence-electron chi connectivity index (χ3n) is 4.52. The highest BCUT2D eigenvalue weighted by molar-refractivity contribution is 7.07. The van der Waals surface area contributed by atoms with Crippen LogP contribution in [0.2, 0.25) is 0 Å². The Morgan fingerprint density at radius 2 is 1.72 bits per heavy atom. The Morgan fingerprint density at radius 1 is 0.966 bits per heavy atom. The molecule has 0 fully saturated rings. The summed E-state index contributed by atoms with van der Waals surface area (Å²) in [4.78, 5) is 0.853. The van der Waals surface area contributed by atoms with Gasteiger partial charge in [-0.25, -0.2) is 0 Å². The van der Waals surface area contributed by atoms with E-state index >= 15 is 0 Å². The number of hydrogen-bond acceptors (Lipinski definition) is 5. The van der Waals surface area contributed by atoms with Gasteiger partial charge in [0.1, 0.15) is 23.7 Å². The van der Waals surface area contributed by atoms with Crippen molar-refractivity contribution >= 4 is 19.8 Å². The predicted molar refractivity (Wildman–Crippen MR) is 118 cm³/mol. The van der Waals surface area contributed by atoms with Crippen molar-refractivity contribution in [2.75, 3.05) is 27.9 Å². The summed E-state index contributed by atoms with van der Waals surface area (Å²) in [7, 11) is 8.64. The van der Waals surface area contributed by atoms with Crippen LogP contribution in [0.4, 0.5) is 0 Å². The van der Waals surface area contributed by atoms with E-state index in [2.05, 4.69) is 8.86 Å². The fourth-order valence-corrected chi connectivity index (χ4v) is 3.42. The third-order valence-corrected chi connectivity index (χ3v) is 5.04. The molecule has 0 saturated carbocycles. The monoisotopic (exact) mass is 412 g/mol. The van der Waals surface area contributed by atoms with Crippen molar-refractivity contribution in [2.24, 2.45) is 0 Å². The van der Waals surface area contributed by atoms with Gasteiger partial charge in [0.2, 0.25) is 0 Å². The molecule has 1 heterocycles. The molecular formula is C23H25O5P. The van der Waals surface area contributed by atoms with Gasteiger partial charge in [-0.15, -0.1) is 8.86 Å². The Kier molecular flexibility index (Phi) is 6.50. The molecule has 0 spiro atoms. The predicted octanol–water partition coefficient (Wildman–Crippen LogP) is 6.15. The van der Waals surface area contributed by atoms with Crippen LogP contribution in [0.3, 0.4) is 0 Å². The van der Waals surface area contributed by atoms with Gasteiger partial charge in [0.15, 0.2) is 11.5 Å². The van der Waals surface area contributed by atoms with Gasteiger partial charge >= 0.3 is 0 Å². The number of fused-ring (bicyclic) bond motifs is 1. The lowest BCUT2D eigenvalue weighted by atomic mass is 10.0. The molecule has 152 valence electrons. The molecule has 0 unspecified atom stereocenters. The van der Waals surface area contributed by atoms with Gasteiger partial charge in [-0.3, -0.25) is 0 Å². The van der Waals surface area contributed by atoms with Gasteiger partial charge < -0.3 is 23.4 Å². The van der Waals surface area contributed by atoms with Gasteiger partial charge in [-0.05, 0) is 37.6 Å². The van der Waals surface area contributed by atoms with Crippen LogP contribution in [0.5, 0.6) is 23.0 Å². The standard InChI is InChI=1S/C23H25O5P/c1-14(2)8-9-27-19-10-15(6-7-18(19)25-4)17-13-28-21-12-16(24-3)11-20(26-5)22(21)23(17)29/h6-8,10-13,29H,9H2,1-5H3. The van der Waals surface area contributed by atoms with E-state index in [1.54, 1.807) is 27.6 Å². The minimum atomic E-state index is 0.471. The maximum atomic E-state index is 5.91. The minimum Gasteiger partial charge on any atom is -0.496 e. The molecule has 3 rings (SSSR count). The number of hydrogen-bond donors (Lipinski definition) is 0. The molecule has 6 heteroatoms. The highest BCUT2D eigenvalue weighted by Crippen LogP contribution is 2.38. The molecule has 3 aromatic rings. The molecule has 0 aliphatic rings. The molecule has 0 radical (unpaired) electrons. The molecular weight excluding hydrogens is 387 g/mol. The number of allylic oxidation sites excluding steroid dienone is 1. The van der Waals surface area contributed by atoms with Crippen LogP contribution >= 0.6 is 8.86 Å². The zero-order valence-corrected chi connectivity index (χ0v) is 18.3. The van der Waals surface area contributed by atoms with E-state index in [9.17, 15) is 0 Å². The molecule has 0 atom stereocenters. The fraction of sp³-hybridized carbons (Fsp3) is 0.261. The van der Waals surface area contributed by atoms with Gasteiger partial charge in [0.25, 0.3) is 0 Å². The van der Waals surface area contributed by atoms with E-state index in [-0.39, 0.29) is 0 Å². The number of rotatable bonds is 7.